The zero-order chi connectivity index (χ0) is 19.5. The van der Waals surface area contributed by atoms with E-state index in [1.807, 2.05) is 13.8 Å². The Morgan fingerprint density at radius 2 is 1.44 bits per heavy atom. The van der Waals surface area contributed by atoms with E-state index in [-0.39, 0.29) is 6.61 Å². The van der Waals surface area contributed by atoms with Crippen LogP contribution in [0.5, 0.6) is 17.2 Å². The SMILES string of the molecule is CCOc1ccc(OCC(=O)OCC(=O)Nc2ccccc2OCC)cc1. The summed E-state index contributed by atoms with van der Waals surface area (Å²) in [6.07, 6.45) is 0. The molecule has 0 saturated heterocycles. The number of benzene rings is 2. The van der Waals surface area contributed by atoms with Crippen molar-refractivity contribution >= 4 is 17.6 Å². The number of para-hydroxylation sites is 2. The molecule has 1 amide bonds. The van der Waals surface area contributed by atoms with Gasteiger partial charge in [-0.3, -0.25) is 4.79 Å². The fraction of sp³-hybridized carbons (Fsp3) is 0.300. The molecule has 144 valence electrons. The topological polar surface area (TPSA) is 83.1 Å². The lowest BCUT2D eigenvalue weighted by Gasteiger charge is -2.11. The first-order valence-corrected chi connectivity index (χ1v) is 8.65. The molecule has 0 atom stereocenters. The van der Waals surface area contributed by atoms with Gasteiger partial charge in [-0.1, -0.05) is 12.1 Å². The van der Waals surface area contributed by atoms with Gasteiger partial charge in [-0.05, 0) is 50.2 Å². The average Bonchev–Trinajstić information content (AvgIpc) is 2.68. The van der Waals surface area contributed by atoms with Crippen LogP contribution in [0.3, 0.4) is 0 Å². The van der Waals surface area contributed by atoms with E-state index in [2.05, 4.69) is 5.32 Å². The van der Waals surface area contributed by atoms with Gasteiger partial charge in [0.05, 0.1) is 18.9 Å². The third-order valence-electron chi connectivity index (χ3n) is 3.32. The van der Waals surface area contributed by atoms with Gasteiger partial charge in [0.25, 0.3) is 5.91 Å². The van der Waals surface area contributed by atoms with Crippen molar-refractivity contribution in [3.8, 4) is 17.2 Å². The van der Waals surface area contributed by atoms with Gasteiger partial charge in [-0.25, -0.2) is 4.79 Å². The minimum atomic E-state index is -0.642. The van der Waals surface area contributed by atoms with Crippen molar-refractivity contribution in [1.29, 1.82) is 0 Å². The zero-order valence-corrected chi connectivity index (χ0v) is 15.4. The molecular weight excluding hydrogens is 350 g/mol. The highest BCUT2D eigenvalue weighted by Crippen LogP contribution is 2.23. The molecule has 2 aromatic rings. The Kier molecular flexibility index (Phi) is 7.96. The normalized spacial score (nSPS) is 10.0. The molecule has 0 aliphatic carbocycles. The van der Waals surface area contributed by atoms with Crippen LogP contribution in [0.1, 0.15) is 13.8 Å². The average molecular weight is 373 g/mol. The molecule has 0 fully saturated rings. The maximum absolute atomic E-state index is 11.9. The molecule has 0 bridgehead atoms. The molecule has 0 saturated carbocycles. The molecule has 27 heavy (non-hydrogen) atoms. The monoisotopic (exact) mass is 373 g/mol. The van der Waals surface area contributed by atoms with Crippen LogP contribution in [-0.4, -0.2) is 38.3 Å². The highest BCUT2D eigenvalue weighted by molar-refractivity contribution is 5.94. The van der Waals surface area contributed by atoms with E-state index in [1.165, 1.54) is 0 Å². The standard InChI is InChI=1S/C20H23NO6/c1-3-24-15-9-11-16(12-10-15)26-14-20(23)27-13-19(22)21-17-7-5-6-8-18(17)25-4-2/h5-12H,3-4,13-14H2,1-2H3,(H,21,22). The second-order valence-electron chi connectivity index (χ2n) is 5.33. The summed E-state index contributed by atoms with van der Waals surface area (Å²) in [4.78, 5) is 23.7. The maximum Gasteiger partial charge on any atom is 0.344 e. The van der Waals surface area contributed by atoms with Crippen molar-refractivity contribution in [2.75, 3.05) is 31.7 Å². The molecule has 7 nitrogen and oxygen atoms in total. The maximum atomic E-state index is 11.9. The molecule has 0 aliphatic rings. The molecule has 0 heterocycles. The van der Waals surface area contributed by atoms with Gasteiger partial charge in [0, 0.05) is 0 Å². The zero-order valence-electron chi connectivity index (χ0n) is 15.4. The van der Waals surface area contributed by atoms with E-state index in [0.717, 1.165) is 5.75 Å². The molecule has 0 aliphatic heterocycles. The second kappa shape index (κ2) is 10.7. The fourth-order valence-corrected chi connectivity index (χ4v) is 2.17. The Bertz CT molecular complexity index is 744. The summed E-state index contributed by atoms with van der Waals surface area (Å²) in [6.45, 7) is 4.09. The number of carbonyl (C=O) groups excluding carboxylic acids is 2. The minimum Gasteiger partial charge on any atom is -0.494 e. The van der Waals surface area contributed by atoms with Gasteiger partial charge < -0.3 is 24.3 Å². The summed E-state index contributed by atoms with van der Waals surface area (Å²) in [6, 6.07) is 13.9. The molecule has 2 rings (SSSR count). The Morgan fingerprint density at radius 1 is 0.815 bits per heavy atom. The third kappa shape index (κ3) is 6.89. The highest BCUT2D eigenvalue weighted by atomic mass is 16.6. The molecular formula is C20H23NO6. The minimum absolute atomic E-state index is 0.295. The van der Waals surface area contributed by atoms with E-state index in [0.29, 0.717) is 30.4 Å². The smallest absolute Gasteiger partial charge is 0.344 e. The van der Waals surface area contributed by atoms with Crippen LogP contribution in [-0.2, 0) is 14.3 Å². The number of esters is 1. The van der Waals surface area contributed by atoms with Crippen LogP contribution in [0.25, 0.3) is 0 Å². The number of carbonyl (C=O) groups is 2. The Labute approximate surface area is 158 Å². The lowest BCUT2D eigenvalue weighted by molar-refractivity contribution is -0.149. The third-order valence-corrected chi connectivity index (χ3v) is 3.32. The Morgan fingerprint density at radius 3 is 2.11 bits per heavy atom. The predicted molar refractivity (Wildman–Crippen MR) is 100 cm³/mol. The Balaban J connectivity index is 1.74. The molecule has 0 unspecified atom stereocenters. The predicted octanol–water partition coefficient (Wildman–Crippen LogP) is 3.04. The first kappa shape index (κ1) is 20.1. The fourth-order valence-electron chi connectivity index (χ4n) is 2.17. The number of nitrogens with one attached hydrogen (secondary N) is 1. The summed E-state index contributed by atoms with van der Waals surface area (Å²) in [7, 11) is 0. The van der Waals surface area contributed by atoms with Crippen LogP contribution in [0.2, 0.25) is 0 Å². The van der Waals surface area contributed by atoms with E-state index < -0.39 is 18.5 Å². The van der Waals surface area contributed by atoms with E-state index in [1.54, 1.807) is 48.5 Å². The van der Waals surface area contributed by atoms with Gasteiger partial charge in [0.15, 0.2) is 13.2 Å². The van der Waals surface area contributed by atoms with Crippen LogP contribution in [0, 0.1) is 0 Å². The first-order valence-electron chi connectivity index (χ1n) is 8.65. The summed E-state index contributed by atoms with van der Waals surface area (Å²) < 4.78 is 21.0. The first-order chi connectivity index (χ1) is 13.1. The summed E-state index contributed by atoms with van der Waals surface area (Å²) in [5, 5.41) is 2.65. The quantitative estimate of drug-likeness (QED) is 0.645. The number of hydrogen-bond donors (Lipinski definition) is 1. The van der Waals surface area contributed by atoms with Gasteiger partial charge in [-0.15, -0.1) is 0 Å². The van der Waals surface area contributed by atoms with Crippen molar-refractivity contribution in [3.63, 3.8) is 0 Å². The van der Waals surface area contributed by atoms with Crippen molar-refractivity contribution in [2.45, 2.75) is 13.8 Å². The summed E-state index contributed by atoms with van der Waals surface area (Å²) in [5.74, 6) is 0.675. The van der Waals surface area contributed by atoms with Crippen LogP contribution in [0.15, 0.2) is 48.5 Å². The van der Waals surface area contributed by atoms with E-state index >= 15 is 0 Å². The number of ether oxygens (including phenoxy) is 4. The number of hydrogen-bond acceptors (Lipinski definition) is 6. The molecule has 2 aromatic carbocycles. The van der Waals surface area contributed by atoms with Gasteiger partial charge in [0.1, 0.15) is 17.2 Å². The van der Waals surface area contributed by atoms with Crippen molar-refractivity contribution in [1.82, 2.24) is 0 Å². The van der Waals surface area contributed by atoms with Crippen LogP contribution in [0.4, 0.5) is 5.69 Å². The highest BCUT2D eigenvalue weighted by Gasteiger charge is 2.11. The number of rotatable bonds is 10. The van der Waals surface area contributed by atoms with Crippen molar-refractivity contribution in [2.24, 2.45) is 0 Å². The molecule has 0 spiro atoms. The second-order valence-corrected chi connectivity index (χ2v) is 5.33. The largest absolute Gasteiger partial charge is 0.494 e. The van der Waals surface area contributed by atoms with E-state index in [4.69, 9.17) is 18.9 Å². The van der Waals surface area contributed by atoms with Gasteiger partial charge in [-0.2, -0.15) is 0 Å². The lowest BCUT2D eigenvalue weighted by atomic mass is 10.3. The van der Waals surface area contributed by atoms with Gasteiger partial charge >= 0.3 is 5.97 Å². The van der Waals surface area contributed by atoms with Crippen LogP contribution >= 0.6 is 0 Å². The summed E-state index contributed by atoms with van der Waals surface area (Å²) in [5.41, 5.74) is 0.519. The van der Waals surface area contributed by atoms with Gasteiger partial charge in [0.2, 0.25) is 0 Å². The summed E-state index contributed by atoms with van der Waals surface area (Å²) >= 11 is 0. The van der Waals surface area contributed by atoms with Crippen molar-refractivity contribution in [3.05, 3.63) is 48.5 Å². The molecule has 1 N–H and O–H groups in total. The Hall–Kier alpha value is -3.22. The number of amides is 1. The van der Waals surface area contributed by atoms with E-state index in [9.17, 15) is 9.59 Å². The molecule has 7 heteroatoms. The molecule has 0 radical (unpaired) electrons. The number of anilines is 1. The molecule has 0 aromatic heterocycles. The van der Waals surface area contributed by atoms with Crippen molar-refractivity contribution < 1.29 is 28.5 Å². The van der Waals surface area contributed by atoms with Crippen LogP contribution < -0.4 is 19.5 Å². The lowest BCUT2D eigenvalue weighted by Crippen LogP contribution is -2.23.